The Bertz CT molecular complexity index is 876. The fraction of sp³-hybridized carbons (Fsp3) is 0.524. The van der Waals surface area contributed by atoms with Gasteiger partial charge in [0, 0.05) is 24.6 Å². The summed E-state index contributed by atoms with van der Waals surface area (Å²) in [4.78, 5) is 33.7. The number of likely N-dealkylation sites (tertiary alicyclic amines) is 1. The number of anilines is 1. The van der Waals surface area contributed by atoms with Crippen molar-refractivity contribution in [2.75, 3.05) is 18.0 Å². The van der Waals surface area contributed by atoms with Crippen LogP contribution in [0.25, 0.3) is 0 Å². The Morgan fingerprint density at radius 2 is 2.07 bits per heavy atom. The average Bonchev–Trinajstić information content (AvgIpc) is 3.20. The van der Waals surface area contributed by atoms with Crippen molar-refractivity contribution in [1.29, 1.82) is 0 Å². The third-order valence-electron chi connectivity index (χ3n) is 5.57. The van der Waals surface area contributed by atoms with Crippen LogP contribution in [0, 0.1) is 0 Å². The normalized spacial score (nSPS) is 19.8. The molecule has 0 saturated carbocycles. The second-order valence-electron chi connectivity index (χ2n) is 7.85. The van der Waals surface area contributed by atoms with Crippen LogP contribution in [-0.4, -0.2) is 39.9 Å². The van der Waals surface area contributed by atoms with Crippen molar-refractivity contribution in [3.8, 4) is 0 Å². The molecule has 148 valence electrons. The Morgan fingerprint density at radius 1 is 1.25 bits per heavy atom. The topological polar surface area (TPSA) is 79.5 Å². The van der Waals surface area contributed by atoms with Crippen LogP contribution in [0.2, 0.25) is 0 Å². The SMILES string of the molecule is CC(C)c1noc([C@@H]2CCCCN2C(=O)CN2C(=O)CCc3ccccc32)n1. The molecule has 7 heteroatoms. The number of rotatable bonds is 4. The third kappa shape index (κ3) is 3.53. The molecule has 4 rings (SSSR count). The second kappa shape index (κ2) is 7.73. The number of nitrogens with zero attached hydrogens (tertiary/aromatic N) is 4. The predicted octanol–water partition coefficient (Wildman–Crippen LogP) is 3.23. The molecule has 2 amide bonds. The van der Waals surface area contributed by atoms with E-state index in [2.05, 4.69) is 10.1 Å². The zero-order valence-electron chi connectivity index (χ0n) is 16.4. The fourth-order valence-electron chi connectivity index (χ4n) is 4.00. The minimum absolute atomic E-state index is 0.000457. The summed E-state index contributed by atoms with van der Waals surface area (Å²) < 4.78 is 5.48. The highest BCUT2D eigenvalue weighted by molar-refractivity contribution is 6.01. The number of aryl methyl sites for hydroxylation is 1. The highest BCUT2D eigenvalue weighted by Gasteiger charge is 2.34. The van der Waals surface area contributed by atoms with E-state index in [0.717, 1.165) is 36.9 Å². The number of hydrogen-bond acceptors (Lipinski definition) is 5. The first-order chi connectivity index (χ1) is 13.5. The van der Waals surface area contributed by atoms with Crippen molar-refractivity contribution in [2.24, 2.45) is 0 Å². The minimum Gasteiger partial charge on any atom is -0.337 e. The maximum atomic E-state index is 13.2. The minimum atomic E-state index is -0.212. The number of amides is 2. The Kier molecular flexibility index (Phi) is 5.15. The lowest BCUT2D eigenvalue weighted by atomic mass is 10.00. The molecule has 1 fully saturated rings. The van der Waals surface area contributed by atoms with Gasteiger partial charge in [0.05, 0.1) is 0 Å². The third-order valence-corrected chi connectivity index (χ3v) is 5.57. The predicted molar refractivity (Wildman–Crippen MR) is 104 cm³/mol. The molecule has 1 aromatic heterocycles. The van der Waals surface area contributed by atoms with E-state index in [4.69, 9.17) is 4.52 Å². The maximum Gasteiger partial charge on any atom is 0.249 e. The van der Waals surface area contributed by atoms with Crippen LogP contribution in [-0.2, 0) is 16.0 Å². The molecule has 0 N–H and O–H groups in total. The number of carbonyl (C=O) groups is 2. The molecule has 0 aliphatic carbocycles. The van der Waals surface area contributed by atoms with Crippen LogP contribution < -0.4 is 4.90 Å². The van der Waals surface area contributed by atoms with Gasteiger partial charge in [-0.1, -0.05) is 37.2 Å². The summed E-state index contributed by atoms with van der Waals surface area (Å²) in [5, 5.41) is 4.05. The monoisotopic (exact) mass is 382 g/mol. The molecular weight excluding hydrogens is 356 g/mol. The van der Waals surface area contributed by atoms with Crippen molar-refractivity contribution in [1.82, 2.24) is 15.0 Å². The van der Waals surface area contributed by atoms with Gasteiger partial charge in [-0.2, -0.15) is 4.98 Å². The molecule has 0 spiro atoms. The lowest BCUT2D eigenvalue weighted by molar-refractivity contribution is -0.135. The van der Waals surface area contributed by atoms with Gasteiger partial charge in [0.25, 0.3) is 0 Å². The Morgan fingerprint density at radius 3 is 2.86 bits per heavy atom. The first-order valence-electron chi connectivity index (χ1n) is 10.1. The Hall–Kier alpha value is -2.70. The van der Waals surface area contributed by atoms with Crippen molar-refractivity contribution in [2.45, 2.75) is 57.9 Å². The molecule has 1 atom stereocenters. The number of carbonyl (C=O) groups excluding carboxylic acids is 2. The van der Waals surface area contributed by atoms with Gasteiger partial charge >= 0.3 is 0 Å². The highest BCUT2D eigenvalue weighted by atomic mass is 16.5. The van der Waals surface area contributed by atoms with Crippen molar-refractivity contribution < 1.29 is 14.1 Å². The van der Waals surface area contributed by atoms with E-state index in [1.54, 1.807) is 4.90 Å². The molecule has 0 unspecified atom stereocenters. The number of piperidine rings is 1. The van der Waals surface area contributed by atoms with E-state index < -0.39 is 0 Å². The van der Waals surface area contributed by atoms with Gasteiger partial charge in [-0.3, -0.25) is 9.59 Å². The van der Waals surface area contributed by atoms with Gasteiger partial charge in [-0.15, -0.1) is 0 Å². The average molecular weight is 382 g/mol. The molecule has 7 nitrogen and oxygen atoms in total. The van der Waals surface area contributed by atoms with Crippen LogP contribution in [0.3, 0.4) is 0 Å². The number of para-hydroxylation sites is 1. The molecule has 28 heavy (non-hydrogen) atoms. The van der Waals surface area contributed by atoms with Crippen molar-refractivity contribution in [3.63, 3.8) is 0 Å². The zero-order valence-corrected chi connectivity index (χ0v) is 16.4. The van der Waals surface area contributed by atoms with Crippen LogP contribution in [0.1, 0.15) is 68.8 Å². The first-order valence-corrected chi connectivity index (χ1v) is 10.1. The van der Waals surface area contributed by atoms with E-state index >= 15 is 0 Å². The van der Waals surface area contributed by atoms with Gasteiger partial charge < -0.3 is 14.3 Å². The number of benzene rings is 1. The van der Waals surface area contributed by atoms with Crippen molar-refractivity contribution >= 4 is 17.5 Å². The van der Waals surface area contributed by atoms with Gasteiger partial charge in [-0.25, -0.2) is 0 Å². The van der Waals surface area contributed by atoms with Gasteiger partial charge in [0.1, 0.15) is 12.6 Å². The van der Waals surface area contributed by atoms with E-state index in [-0.39, 0.29) is 30.3 Å². The first kappa shape index (κ1) is 18.7. The summed E-state index contributed by atoms with van der Waals surface area (Å²) in [6, 6.07) is 7.60. The lowest BCUT2D eigenvalue weighted by Gasteiger charge is -2.36. The number of fused-ring (bicyclic) bond motifs is 1. The summed E-state index contributed by atoms with van der Waals surface area (Å²) in [7, 11) is 0. The standard InChI is InChI=1S/C21H26N4O3/c1-14(2)20-22-21(28-23-20)17-9-5-6-12-24(17)19(27)13-25-16-8-4-3-7-15(16)10-11-18(25)26/h3-4,7-8,14,17H,5-6,9-13H2,1-2H3/t17-/m0/s1. The van der Waals surface area contributed by atoms with Crippen LogP contribution >= 0.6 is 0 Å². The molecule has 2 aliphatic rings. The molecule has 0 radical (unpaired) electrons. The Balaban J connectivity index is 1.55. The summed E-state index contributed by atoms with van der Waals surface area (Å²) in [5.74, 6) is 1.27. The smallest absolute Gasteiger partial charge is 0.249 e. The molecule has 3 heterocycles. The van der Waals surface area contributed by atoms with Crippen LogP contribution in [0.15, 0.2) is 28.8 Å². The number of hydrogen-bond donors (Lipinski definition) is 0. The maximum absolute atomic E-state index is 13.2. The van der Waals surface area contributed by atoms with E-state index in [0.29, 0.717) is 24.7 Å². The zero-order chi connectivity index (χ0) is 19.7. The van der Waals surface area contributed by atoms with Gasteiger partial charge in [-0.05, 0) is 37.3 Å². The Labute approximate surface area is 164 Å². The molecule has 2 aromatic rings. The molecule has 1 aromatic carbocycles. The number of aromatic nitrogens is 2. The van der Waals surface area contributed by atoms with Crippen LogP contribution in [0.4, 0.5) is 5.69 Å². The molecule has 0 bridgehead atoms. The summed E-state index contributed by atoms with van der Waals surface area (Å²) >= 11 is 0. The quantitative estimate of drug-likeness (QED) is 0.811. The lowest BCUT2D eigenvalue weighted by Crippen LogP contribution is -2.47. The van der Waals surface area contributed by atoms with E-state index in [9.17, 15) is 9.59 Å². The van der Waals surface area contributed by atoms with Gasteiger partial charge in [0.15, 0.2) is 5.82 Å². The molecular formula is C21H26N4O3. The fourth-order valence-corrected chi connectivity index (χ4v) is 4.00. The van der Waals surface area contributed by atoms with E-state index in [1.165, 1.54) is 0 Å². The molecule has 2 aliphatic heterocycles. The van der Waals surface area contributed by atoms with Gasteiger partial charge in [0.2, 0.25) is 17.7 Å². The summed E-state index contributed by atoms with van der Waals surface area (Å²) in [6.07, 6.45) is 3.92. The summed E-state index contributed by atoms with van der Waals surface area (Å²) in [5.41, 5.74) is 1.96. The van der Waals surface area contributed by atoms with Crippen molar-refractivity contribution in [3.05, 3.63) is 41.5 Å². The summed E-state index contributed by atoms with van der Waals surface area (Å²) in [6.45, 7) is 4.72. The van der Waals surface area contributed by atoms with E-state index in [1.807, 2.05) is 43.0 Å². The second-order valence-corrected chi connectivity index (χ2v) is 7.85. The molecule has 1 saturated heterocycles. The van der Waals surface area contributed by atoms with Crippen LogP contribution in [0.5, 0.6) is 0 Å². The largest absolute Gasteiger partial charge is 0.337 e. The highest BCUT2D eigenvalue weighted by Crippen LogP contribution is 2.32.